The zero-order valence-electron chi connectivity index (χ0n) is 8.40. The number of hydrogen-bond donors (Lipinski definition) is 1. The highest BCUT2D eigenvalue weighted by Gasteiger charge is 2.22. The predicted octanol–water partition coefficient (Wildman–Crippen LogP) is -0.107. The third-order valence-electron chi connectivity index (χ3n) is 2.51. The monoisotopic (exact) mass is 194 g/mol. The molecule has 1 aromatic heterocycles. The van der Waals surface area contributed by atoms with Gasteiger partial charge in [-0.25, -0.2) is 9.97 Å². The van der Waals surface area contributed by atoms with Crippen molar-refractivity contribution < 1.29 is 4.74 Å². The van der Waals surface area contributed by atoms with Gasteiger partial charge in [-0.05, 0) is 0 Å². The molecule has 0 unspecified atom stereocenters. The van der Waals surface area contributed by atoms with Crippen molar-refractivity contribution in [2.24, 2.45) is 0 Å². The van der Waals surface area contributed by atoms with E-state index in [0.717, 1.165) is 18.9 Å². The molecule has 1 saturated heterocycles. The van der Waals surface area contributed by atoms with E-state index in [-0.39, 0.29) is 0 Å². The molecular formula is C9H14N4O. The van der Waals surface area contributed by atoms with Gasteiger partial charge >= 0.3 is 0 Å². The van der Waals surface area contributed by atoms with Crippen molar-refractivity contribution >= 4 is 5.82 Å². The Morgan fingerprint density at radius 3 is 2.86 bits per heavy atom. The third-order valence-corrected chi connectivity index (χ3v) is 2.51. The number of nitrogens with zero attached hydrogens (tertiary/aromatic N) is 3. The zero-order valence-corrected chi connectivity index (χ0v) is 8.40. The van der Waals surface area contributed by atoms with E-state index in [1.54, 1.807) is 7.11 Å². The molecular weight excluding hydrogens is 180 g/mol. The van der Waals surface area contributed by atoms with Crippen molar-refractivity contribution in [1.29, 1.82) is 0 Å². The Morgan fingerprint density at radius 2 is 2.29 bits per heavy atom. The van der Waals surface area contributed by atoms with Crippen LogP contribution in [0.25, 0.3) is 0 Å². The zero-order chi connectivity index (χ0) is 9.97. The lowest BCUT2D eigenvalue weighted by molar-refractivity contribution is 0.394. The van der Waals surface area contributed by atoms with Gasteiger partial charge in [-0.1, -0.05) is 0 Å². The molecule has 2 rings (SSSR count). The largest absolute Gasteiger partial charge is 0.481 e. The second-order valence-corrected chi connectivity index (χ2v) is 3.34. The van der Waals surface area contributed by atoms with E-state index in [1.807, 2.05) is 13.1 Å². The minimum Gasteiger partial charge on any atom is -0.481 e. The van der Waals surface area contributed by atoms with Gasteiger partial charge in [0.05, 0.1) is 13.2 Å². The van der Waals surface area contributed by atoms with Gasteiger partial charge in [0, 0.05) is 26.2 Å². The summed E-state index contributed by atoms with van der Waals surface area (Å²) in [6.45, 7) is 2.03. The molecule has 14 heavy (non-hydrogen) atoms. The first-order valence-corrected chi connectivity index (χ1v) is 4.61. The van der Waals surface area contributed by atoms with Gasteiger partial charge in [-0.15, -0.1) is 0 Å². The lowest BCUT2D eigenvalue weighted by Crippen LogP contribution is -2.56. The molecule has 1 fully saturated rings. The number of rotatable bonds is 3. The van der Waals surface area contributed by atoms with Crippen LogP contribution in [-0.4, -0.2) is 43.3 Å². The standard InChI is InChI=1S/C9H14N4O/c1-13(7-4-10-5-7)8-3-9(14-2)12-6-11-8/h3,6-7,10H,4-5H2,1-2H3. The average Bonchev–Trinajstić information content (AvgIpc) is 2.15. The van der Waals surface area contributed by atoms with Gasteiger partial charge in [0.1, 0.15) is 12.1 Å². The number of ether oxygens (including phenoxy) is 1. The summed E-state index contributed by atoms with van der Waals surface area (Å²) in [5, 5.41) is 3.22. The van der Waals surface area contributed by atoms with Crippen LogP contribution < -0.4 is 15.0 Å². The van der Waals surface area contributed by atoms with Crippen LogP contribution in [0.15, 0.2) is 12.4 Å². The molecule has 0 spiro atoms. The van der Waals surface area contributed by atoms with Crippen LogP contribution >= 0.6 is 0 Å². The van der Waals surface area contributed by atoms with Crippen molar-refractivity contribution in [2.75, 3.05) is 32.1 Å². The molecule has 0 radical (unpaired) electrons. The van der Waals surface area contributed by atoms with Crippen molar-refractivity contribution in [1.82, 2.24) is 15.3 Å². The molecule has 76 valence electrons. The van der Waals surface area contributed by atoms with E-state index in [2.05, 4.69) is 20.2 Å². The molecule has 5 heteroatoms. The number of likely N-dealkylation sites (N-methyl/N-ethyl adjacent to an activating group) is 1. The van der Waals surface area contributed by atoms with Crippen molar-refractivity contribution in [3.8, 4) is 5.88 Å². The topological polar surface area (TPSA) is 50.3 Å². The third kappa shape index (κ3) is 1.63. The summed E-state index contributed by atoms with van der Waals surface area (Å²) in [4.78, 5) is 10.3. The summed E-state index contributed by atoms with van der Waals surface area (Å²) in [7, 11) is 3.64. The Bertz CT molecular complexity index is 313. The predicted molar refractivity (Wildman–Crippen MR) is 53.6 cm³/mol. The fraction of sp³-hybridized carbons (Fsp3) is 0.556. The minimum atomic E-state index is 0.537. The molecule has 0 saturated carbocycles. The van der Waals surface area contributed by atoms with Gasteiger partial charge in [0.15, 0.2) is 0 Å². The van der Waals surface area contributed by atoms with Crippen LogP contribution in [0.5, 0.6) is 5.88 Å². The first-order chi connectivity index (χ1) is 6.81. The molecule has 1 aliphatic heterocycles. The lowest BCUT2D eigenvalue weighted by atomic mass is 10.1. The van der Waals surface area contributed by atoms with Crippen LogP contribution in [0.4, 0.5) is 5.82 Å². The lowest BCUT2D eigenvalue weighted by Gasteiger charge is -2.36. The summed E-state index contributed by atoms with van der Waals surface area (Å²) in [6, 6.07) is 2.38. The Morgan fingerprint density at radius 1 is 1.50 bits per heavy atom. The number of methoxy groups -OCH3 is 1. The molecule has 1 aliphatic rings. The highest BCUT2D eigenvalue weighted by molar-refractivity contribution is 5.41. The summed E-state index contributed by atoms with van der Waals surface area (Å²) in [6.07, 6.45) is 1.52. The maximum Gasteiger partial charge on any atom is 0.218 e. The van der Waals surface area contributed by atoms with Crippen molar-refractivity contribution in [3.63, 3.8) is 0 Å². The molecule has 0 bridgehead atoms. The number of aromatic nitrogens is 2. The van der Waals surface area contributed by atoms with Gasteiger partial charge in [0.25, 0.3) is 0 Å². The van der Waals surface area contributed by atoms with E-state index in [4.69, 9.17) is 4.74 Å². The second kappa shape index (κ2) is 3.79. The number of nitrogens with one attached hydrogen (secondary N) is 1. The fourth-order valence-corrected chi connectivity index (χ4v) is 1.37. The molecule has 2 heterocycles. The molecule has 0 amide bonds. The number of anilines is 1. The Kier molecular flexibility index (Phi) is 2.49. The summed E-state index contributed by atoms with van der Waals surface area (Å²) >= 11 is 0. The van der Waals surface area contributed by atoms with E-state index in [0.29, 0.717) is 11.9 Å². The molecule has 0 aromatic carbocycles. The van der Waals surface area contributed by atoms with Crippen LogP contribution in [-0.2, 0) is 0 Å². The highest BCUT2D eigenvalue weighted by Crippen LogP contribution is 2.17. The fourth-order valence-electron chi connectivity index (χ4n) is 1.37. The van der Waals surface area contributed by atoms with Crippen molar-refractivity contribution in [3.05, 3.63) is 12.4 Å². The first-order valence-electron chi connectivity index (χ1n) is 4.61. The van der Waals surface area contributed by atoms with Crippen LogP contribution in [0.2, 0.25) is 0 Å². The van der Waals surface area contributed by atoms with E-state index < -0.39 is 0 Å². The van der Waals surface area contributed by atoms with Crippen LogP contribution in [0.3, 0.4) is 0 Å². The maximum absolute atomic E-state index is 5.04. The molecule has 0 atom stereocenters. The number of hydrogen-bond acceptors (Lipinski definition) is 5. The normalized spacial score (nSPS) is 16.1. The first kappa shape index (κ1) is 9.21. The molecule has 0 aliphatic carbocycles. The van der Waals surface area contributed by atoms with E-state index in [9.17, 15) is 0 Å². The second-order valence-electron chi connectivity index (χ2n) is 3.34. The van der Waals surface area contributed by atoms with Gasteiger partial charge < -0.3 is 15.0 Å². The summed E-state index contributed by atoms with van der Waals surface area (Å²) < 4.78 is 5.04. The summed E-state index contributed by atoms with van der Waals surface area (Å²) in [5.74, 6) is 1.51. The average molecular weight is 194 g/mol. The van der Waals surface area contributed by atoms with E-state index >= 15 is 0 Å². The Hall–Kier alpha value is -1.36. The maximum atomic E-state index is 5.04. The molecule has 1 N–H and O–H groups in total. The molecule has 5 nitrogen and oxygen atoms in total. The van der Waals surface area contributed by atoms with Gasteiger partial charge in [-0.2, -0.15) is 0 Å². The van der Waals surface area contributed by atoms with Crippen molar-refractivity contribution in [2.45, 2.75) is 6.04 Å². The van der Waals surface area contributed by atoms with Gasteiger partial charge in [-0.3, -0.25) is 0 Å². The molecule has 1 aromatic rings. The summed E-state index contributed by atoms with van der Waals surface area (Å²) in [5.41, 5.74) is 0. The smallest absolute Gasteiger partial charge is 0.218 e. The van der Waals surface area contributed by atoms with Crippen LogP contribution in [0, 0.1) is 0 Å². The highest BCUT2D eigenvalue weighted by atomic mass is 16.5. The van der Waals surface area contributed by atoms with E-state index in [1.165, 1.54) is 6.33 Å². The SMILES string of the molecule is COc1cc(N(C)C2CNC2)ncn1. The Balaban J connectivity index is 2.13. The Labute approximate surface area is 83.1 Å². The van der Waals surface area contributed by atoms with Crippen LogP contribution in [0.1, 0.15) is 0 Å². The quantitative estimate of drug-likeness (QED) is 0.727. The van der Waals surface area contributed by atoms with Gasteiger partial charge in [0.2, 0.25) is 5.88 Å². The minimum absolute atomic E-state index is 0.537.